The summed E-state index contributed by atoms with van der Waals surface area (Å²) in [5, 5.41) is 8.46. The second kappa shape index (κ2) is 7.53. The van der Waals surface area contributed by atoms with Crippen LogP contribution in [0.1, 0.15) is 40.7 Å². The van der Waals surface area contributed by atoms with Crippen molar-refractivity contribution in [3.05, 3.63) is 34.9 Å². The van der Waals surface area contributed by atoms with E-state index in [4.69, 9.17) is 10.8 Å². The first kappa shape index (κ1) is 16.0. The summed E-state index contributed by atoms with van der Waals surface area (Å²) in [5.74, 6) is -0.355. The molecule has 5 nitrogen and oxygen atoms in total. The Labute approximate surface area is 119 Å². The van der Waals surface area contributed by atoms with E-state index in [0.29, 0.717) is 5.56 Å². The van der Waals surface area contributed by atoms with Crippen LogP contribution in [0.15, 0.2) is 18.2 Å². The van der Waals surface area contributed by atoms with Gasteiger partial charge in [0, 0.05) is 18.7 Å². The van der Waals surface area contributed by atoms with Gasteiger partial charge in [-0.3, -0.25) is 4.79 Å². The third-order valence-electron chi connectivity index (χ3n) is 3.50. The first-order valence-corrected chi connectivity index (χ1v) is 6.77. The lowest BCUT2D eigenvalue weighted by Gasteiger charge is -2.22. The van der Waals surface area contributed by atoms with Gasteiger partial charge in [-0.25, -0.2) is 4.79 Å². The standard InChI is InChI=1S/C9H11NO.C6H11NO2/c1-6-4-3-5-8(7(6)2)9(10)11;8-6(9)7-4-2-1-3-5-7/h3-5H,1-2H3,(H2,10,11);1-5H2,(H,8,9). The van der Waals surface area contributed by atoms with Gasteiger partial charge in [-0.05, 0) is 50.3 Å². The molecule has 0 aliphatic carbocycles. The van der Waals surface area contributed by atoms with Crippen molar-refractivity contribution in [1.29, 1.82) is 0 Å². The van der Waals surface area contributed by atoms with Crippen molar-refractivity contribution in [2.75, 3.05) is 13.1 Å². The van der Waals surface area contributed by atoms with Crippen LogP contribution in [-0.4, -0.2) is 35.1 Å². The smallest absolute Gasteiger partial charge is 0.407 e. The van der Waals surface area contributed by atoms with Crippen LogP contribution in [0.25, 0.3) is 0 Å². The van der Waals surface area contributed by atoms with Crippen molar-refractivity contribution in [2.24, 2.45) is 5.73 Å². The Hall–Kier alpha value is -2.04. The highest BCUT2D eigenvalue weighted by molar-refractivity contribution is 5.94. The Balaban J connectivity index is 0.000000204. The number of hydrogen-bond donors (Lipinski definition) is 2. The van der Waals surface area contributed by atoms with E-state index in [0.717, 1.165) is 37.1 Å². The van der Waals surface area contributed by atoms with Crippen LogP contribution in [0.2, 0.25) is 0 Å². The number of carbonyl (C=O) groups excluding carboxylic acids is 1. The van der Waals surface area contributed by atoms with Gasteiger partial charge in [0.25, 0.3) is 0 Å². The number of aryl methyl sites for hydroxylation is 1. The number of amides is 2. The number of piperidine rings is 1. The number of nitrogens with zero attached hydrogens (tertiary/aromatic N) is 1. The number of nitrogens with two attached hydrogens (primary N) is 1. The highest BCUT2D eigenvalue weighted by Crippen LogP contribution is 2.11. The molecule has 1 fully saturated rings. The molecule has 3 N–H and O–H groups in total. The van der Waals surface area contributed by atoms with Gasteiger partial charge in [0.05, 0.1) is 0 Å². The molecule has 1 aliphatic heterocycles. The van der Waals surface area contributed by atoms with Crippen molar-refractivity contribution in [3.63, 3.8) is 0 Å². The van der Waals surface area contributed by atoms with Crippen molar-refractivity contribution >= 4 is 12.0 Å². The van der Waals surface area contributed by atoms with Crippen molar-refractivity contribution in [1.82, 2.24) is 4.90 Å². The fourth-order valence-corrected chi connectivity index (χ4v) is 2.10. The van der Waals surface area contributed by atoms with Gasteiger partial charge in [-0.15, -0.1) is 0 Å². The summed E-state index contributed by atoms with van der Waals surface area (Å²) >= 11 is 0. The van der Waals surface area contributed by atoms with E-state index in [2.05, 4.69) is 0 Å². The second-order valence-corrected chi connectivity index (χ2v) is 4.94. The van der Waals surface area contributed by atoms with Crippen molar-refractivity contribution in [2.45, 2.75) is 33.1 Å². The van der Waals surface area contributed by atoms with Gasteiger partial charge in [-0.1, -0.05) is 12.1 Å². The zero-order chi connectivity index (χ0) is 15.1. The molecule has 0 unspecified atom stereocenters. The Morgan fingerprint density at radius 2 is 1.75 bits per heavy atom. The molecular weight excluding hydrogens is 256 g/mol. The molecule has 1 saturated heterocycles. The van der Waals surface area contributed by atoms with Crippen LogP contribution in [0.3, 0.4) is 0 Å². The van der Waals surface area contributed by atoms with Gasteiger partial charge in [-0.2, -0.15) is 0 Å². The monoisotopic (exact) mass is 278 g/mol. The van der Waals surface area contributed by atoms with Gasteiger partial charge in [0.1, 0.15) is 0 Å². The summed E-state index contributed by atoms with van der Waals surface area (Å²) in [6, 6.07) is 5.54. The number of hydrogen-bond acceptors (Lipinski definition) is 2. The van der Waals surface area contributed by atoms with E-state index in [-0.39, 0.29) is 5.91 Å². The van der Waals surface area contributed by atoms with E-state index < -0.39 is 6.09 Å². The zero-order valence-corrected chi connectivity index (χ0v) is 12.1. The van der Waals surface area contributed by atoms with Gasteiger partial charge in [0.15, 0.2) is 0 Å². The molecular formula is C15H22N2O3. The molecule has 1 aliphatic rings. The topological polar surface area (TPSA) is 83.6 Å². The van der Waals surface area contributed by atoms with Crippen molar-refractivity contribution in [3.8, 4) is 0 Å². The minimum Gasteiger partial charge on any atom is -0.465 e. The Morgan fingerprint density at radius 1 is 1.15 bits per heavy atom. The van der Waals surface area contributed by atoms with Gasteiger partial charge in [0.2, 0.25) is 5.91 Å². The number of primary amides is 1. The highest BCUT2D eigenvalue weighted by atomic mass is 16.4. The quantitative estimate of drug-likeness (QED) is 0.828. The second-order valence-electron chi connectivity index (χ2n) is 4.94. The lowest BCUT2D eigenvalue weighted by atomic mass is 10.0. The lowest BCUT2D eigenvalue weighted by molar-refractivity contribution is 0.0999. The molecule has 1 aromatic rings. The molecule has 1 heterocycles. The summed E-state index contributed by atoms with van der Waals surface area (Å²) in [6.07, 6.45) is 2.48. The molecule has 0 saturated carbocycles. The van der Waals surface area contributed by atoms with Crippen LogP contribution in [0.5, 0.6) is 0 Å². The third kappa shape index (κ3) is 4.57. The lowest BCUT2D eigenvalue weighted by Crippen LogP contribution is -2.34. The molecule has 0 radical (unpaired) electrons. The van der Waals surface area contributed by atoms with Crippen LogP contribution >= 0.6 is 0 Å². The van der Waals surface area contributed by atoms with E-state index in [1.54, 1.807) is 6.07 Å². The van der Waals surface area contributed by atoms with E-state index >= 15 is 0 Å². The summed E-state index contributed by atoms with van der Waals surface area (Å²) in [4.78, 5) is 22.6. The third-order valence-corrected chi connectivity index (χ3v) is 3.50. The molecule has 20 heavy (non-hydrogen) atoms. The SMILES string of the molecule is Cc1cccc(C(N)=O)c1C.O=C(O)N1CCCCC1. The minimum absolute atomic E-state index is 0.355. The maximum Gasteiger partial charge on any atom is 0.407 e. The Kier molecular flexibility index (Phi) is 6.03. The maximum absolute atomic E-state index is 10.8. The summed E-state index contributed by atoms with van der Waals surface area (Å²) in [5.41, 5.74) is 7.83. The van der Waals surface area contributed by atoms with Crippen LogP contribution < -0.4 is 5.73 Å². The Bertz CT molecular complexity index is 480. The molecule has 1 aromatic carbocycles. The Morgan fingerprint density at radius 3 is 2.15 bits per heavy atom. The minimum atomic E-state index is -0.769. The average Bonchev–Trinajstić information content (AvgIpc) is 2.43. The summed E-state index contributed by atoms with van der Waals surface area (Å²) < 4.78 is 0. The first-order valence-electron chi connectivity index (χ1n) is 6.77. The number of benzene rings is 1. The fourth-order valence-electron chi connectivity index (χ4n) is 2.10. The summed E-state index contributed by atoms with van der Waals surface area (Å²) in [6.45, 7) is 5.32. The van der Waals surface area contributed by atoms with Crippen molar-refractivity contribution < 1.29 is 14.7 Å². The largest absolute Gasteiger partial charge is 0.465 e. The molecule has 5 heteroatoms. The first-order chi connectivity index (χ1) is 9.43. The van der Waals surface area contributed by atoms with E-state index in [1.807, 2.05) is 26.0 Å². The predicted octanol–water partition coefficient (Wildman–Crippen LogP) is 2.55. The molecule has 0 aromatic heterocycles. The zero-order valence-electron chi connectivity index (χ0n) is 12.1. The average molecular weight is 278 g/mol. The number of carbonyl (C=O) groups is 2. The number of carboxylic acid groups (broad SMARTS) is 1. The summed E-state index contributed by atoms with van der Waals surface area (Å²) in [7, 11) is 0. The van der Waals surface area contributed by atoms with E-state index in [1.165, 1.54) is 11.3 Å². The molecule has 2 rings (SSSR count). The van der Waals surface area contributed by atoms with Gasteiger partial charge >= 0.3 is 6.09 Å². The number of rotatable bonds is 1. The molecule has 0 bridgehead atoms. The van der Waals surface area contributed by atoms with Crippen LogP contribution in [0, 0.1) is 13.8 Å². The fraction of sp³-hybridized carbons (Fsp3) is 0.467. The van der Waals surface area contributed by atoms with Crippen LogP contribution in [-0.2, 0) is 0 Å². The van der Waals surface area contributed by atoms with Gasteiger partial charge < -0.3 is 15.7 Å². The molecule has 110 valence electrons. The van der Waals surface area contributed by atoms with E-state index in [9.17, 15) is 9.59 Å². The highest BCUT2D eigenvalue weighted by Gasteiger charge is 2.13. The molecule has 0 spiro atoms. The molecule has 0 atom stereocenters. The van der Waals surface area contributed by atoms with Crippen LogP contribution in [0.4, 0.5) is 4.79 Å². The molecule has 2 amide bonds. The maximum atomic E-state index is 10.8. The predicted molar refractivity (Wildman–Crippen MR) is 77.9 cm³/mol. The number of likely N-dealkylation sites (tertiary alicyclic amines) is 1. The normalized spacial score (nSPS) is 14.2.